The van der Waals surface area contributed by atoms with Crippen molar-refractivity contribution in [1.29, 1.82) is 0 Å². The fourth-order valence-electron chi connectivity index (χ4n) is 3.94. The van der Waals surface area contributed by atoms with Gasteiger partial charge in [0.1, 0.15) is 30.8 Å². The van der Waals surface area contributed by atoms with Gasteiger partial charge < -0.3 is 14.2 Å². The van der Waals surface area contributed by atoms with Gasteiger partial charge in [-0.05, 0) is 55.8 Å². The first kappa shape index (κ1) is 22.5. The second-order valence-electron chi connectivity index (χ2n) is 8.21. The highest BCUT2D eigenvalue weighted by Crippen LogP contribution is 2.40. The Bertz CT molecular complexity index is 1270. The molecule has 0 bridgehead atoms. The van der Waals surface area contributed by atoms with Crippen molar-refractivity contribution < 1.29 is 14.2 Å². The van der Waals surface area contributed by atoms with E-state index in [-0.39, 0.29) is 6.10 Å². The van der Waals surface area contributed by atoms with Gasteiger partial charge in [0.15, 0.2) is 0 Å². The van der Waals surface area contributed by atoms with Crippen LogP contribution in [0.3, 0.4) is 0 Å². The third-order valence-electron chi connectivity index (χ3n) is 5.60. The number of aromatic nitrogens is 5. The highest BCUT2D eigenvalue weighted by Gasteiger charge is 2.45. The van der Waals surface area contributed by atoms with Gasteiger partial charge in [-0.1, -0.05) is 28.9 Å². The van der Waals surface area contributed by atoms with Crippen LogP contribution in [-0.2, 0) is 21.8 Å². The van der Waals surface area contributed by atoms with Gasteiger partial charge in [0.05, 0.1) is 18.5 Å². The van der Waals surface area contributed by atoms with E-state index in [0.717, 1.165) is 34.0 Å². The summed E-state index contributed by atoms with van der Waals surface area (Å²) in [5, 5.41) is 8.55. The summed E-state index contributed by atoms with van der Waals surface area (Å²) in [4.78, 5) is 8.60. The van der Waals surface area contributed by atoms with Gasteiger partial charge in [-0.2, -0.15) is 0 Å². The first-order valence-electron chi connectivity index (χ1n) is 11.0. The zero-order valence-corrected chi connectivity index (χ0v) is 19.6. The van der Waals surface area contributed by atoms with E-state index in [1.165, 1.54) is 0 Å². The van der Waals surface area contributed by atoms with E-state index in [1.54, 1.807) is 23.3 Å². The molecule has 2 aromatic heterocycles. The third-order valence-corrected chi connectivity index (χ3v) is 5.91. The fraction of sp³-hybridized carbons (Fsp3) is 0.280. The molecule has 0 N–H and O–H groups in total. The van der Waals surface area contributed by atoms with E-state index in [0.29, 0.717) is 24.8 Å². The summed E-state index contributed by atoms with van der Waals surface area (Å²) in [6.07, 6.45) is 4.85. The number of nitrogens with zero attached hydrogens (tertiary/aromatic N) is 5. The third kappa shape index (κ3) is 4.79. The minimum atomic E-state index is -1.08. The summed E-state index contributed by atoms with van der Waals surface area (Å²) >= 11 is 6.59. The Labute approximate surface area is 202 Å². The summed E-state index contributed by atoms with van der Waals surface area (Å²) in [6.45, 7) is 4.87. The van der Waals surface area contributed by atoms with Crippen molar-refractivity contribution >= 4 is 11.6 Å². The van der Waals surface area contributed by atoms with E-state index >= 15 is 0 Å². The summed E-state index contributed by atoms with van der Waals surface area (Å²) in [7, 11) is 0. The van der Waals surface area contributed by atoms with Crippen molar-refractivity contribution in [2.75, 3.05) is 13.2 Å². The minimum Gasteiger partial charge on any atom is -0.491 e. The van der Waals surface area contributed by atoms with Gasteiger partial charge in [0.2, 0.25) is 5.79 Å². The Morgan fingerprint density at radius 1 is 1.12 bits per heavy atom. The predicted octanol–water partition coefficient (Wildman–Crippen LogP) is 4.35. The van der Waals surface area contributed by atoms with Gasteiger partial charge in [0, 0.05) is 28.5 Å². The van der Waals surface area contributed by atoms with E-state index in [9.17, 15) is 0 Å². The molecule has 1 aliphatic heterocycles. The predicted molar refractivity (Wildman–Crippen MR) is 126 cm³/mol. The normalized spacial score (nSPS) is 19.9. The molecule has 174 valence electrons. The number of benzene rings is 2. The van der Waals surface area contributed by atoms with Gasteiger partial charge in [-0.3, -0.25) is 0 Å². The Kier molecular flexibility index (Phi) is 6.28. The van der Waals surface area contributed by atoms with Crippen LogP contribution in [0.4, 0.5) is 0 Å². The summed E-state index contributed by atoms with van der Waals surface area (Å²) in [6, 6.07) is 15.5. The second-order valence-corrected chi connectivity index (χ2v) is 8.62. The fourth-order valence-corrected chi connectivity index (χ4v) is 4.32. The zero-order chi connectivity index (χ0) is 23.5. The first-order valence-corrected chi connectivity index (χ1v) is 11.3. The topological polar surface area (TPSA) is 84.2 Å². The van der Waals surface area contributed by atoms with Gasteiger partial charge in [-0.15, -0.1) is 5.10 Å². The maximum atomic E-state index is 6.59. The first-order chi connectivity index (χ1) is 16.5. The average Bonchev–Trinajstić information content (AvgIpc) is 3.49. The lowest BCUT2D eigenvalue weighted by Gasteiger charge is -2.29. The van der Waals surface area contributed by atoms with Crippen LogP contribution in [-0.4, -0.2) is 44.3 Å². The van der Waals surface area contributed by atoms with Crippen LogP contribution in [0.15, 0.2) is 67.1 Å². The molecule has 1 fully saturated rings. The molecule has 8 nitrogen and oxygen atoms in total. The van der Waals surface area contributed by atoms with Crippen LogP contribution in [0.25, 0.3) is 11.3 Å². The number of hydrogen-bond donors (Lipinski definition) is 0. The Morgan fingerprint density at radius 2 is 1.97 bits per heavy atom. The molecular formula is C25H24ClN5O3. The van der Waals surface area contributed by atoms with Crippen LogP contribution >= 0.6 is 11.6 Å². The van der Waals surface area contributed by atoms with Crippen LogP contribution in [0.2, 0.25) is 5.02 Å². The molecule has 3 heterocycles. The monoisotopic (exact) mass is 477 g/mol. The SMILES string of the molecule is Cc1ccc(C2(Cn3ccnn3)OCC(COc3ccc(-c4ccnc(C)n4)cc3)O2)c(Cl)c1. The quantitative estimate of drug-likeness (QED) is 0.391. The Hall–Kier alpha value is -3.33. The molecule has 1 saturated heterocycles. The van der Waals surface area contributed by atoms with Crippen LogP contribution in [0.5, 0.6) is 5.75 Å². The molecular weight excluding hydrogens is 454 g/mol. The van der Waals surface area contributed by atoms with E-state index in [1.807, 2.05) is 62.4 Å². The number of ether oxygens (including phenoxy) is 3. The zero-order valence-electron chi connectivity index (χ0n) is 18.9. The Morgan fingerprint density at radius 3 is 2.71 bits per heavy atom. The lowest BCUT2D eigenvalue weighted by molar-refractivity contribution is -0.190. The lowest BCUT2D eigenvalue weighted by atomic mass is 10.0. The molecule has 2 atom stereocenters. The standard InChI is InChI=1S/C25H24ClN5O3/c1-17-3-8-22(23(26)13-17)25(16-31-12-11-28-30-31)33-15-21(34-25)14-32-20-6-4-19(5-7-20)24-9-10-27-18(2)29-24/h3-13,21H,14-16H2,1-2H3. The highest BCUT2D eigenvalue weighted by atomic mass is 35.5. The largest absolute Gasteiger partial charge is 0.491 e. The molecule has 0 radical (unpaired) electrons. The minimum absolute atomic E-state index is 0.287. The van der Waals surface area contributed by atoms with Crippen molar-refractivity contribution in [3.8, 4) is 17.0 Å². The lowest BCUT2D eigenvalue weighted by Crippen LogP contribution is -2.35. The van der Waals surface area contributed by atoms with Crippen LogP contribution in [0.1, 0.15) is 17.0 Å². The maximum Gasteiger partial charge on any atom is 0.217 e. The summed E-state index contributed by atoms with van der Waals surface area (Å²) in [5.74, 6) is 0.390. The molecule has 0 spiro atoms. The van der Waals surface area contributed by atoms with Crippen molar-refractivity contribution in [1.82, 2.24) is 25.0 Å². The van der Waals surface area contributed by atoms with E-state index < -0.39 is 5.79 Å². The van der Waals surface area contributed by atoms with E-state index in [4.69, 9.17) is 25.8 Å². The van der Waals surface area contributed by atoms with Gasteiger partial charge in [-0.25, -0.2) is 14.6 Å². The number of hydrogen-bond acceptors (Lipinski definition) is 7. The molecule has 0 saturated carbocycles. The molecule has 1 aliphatic rings. The molecule has 5 rings (SSSR count). The van der Waals surface area contributed by atoms with Crippen molar-refractivity contribution in [3.63, 3.8) is 0 Å². The number of halogens is 1. The van der Waals surface area contributed by atoms with Crippen molar-refractivity contribution in [2.24, 2.45) is 0 Å². The van der Waals surface area contributed by atoms with Crippen molar-refractivity contribution in [3.05, 3.63) is 89.1 Å². The summed E-state index contributed by atoms with van der Waals surface area (Å²) < 4.78 is 20.3. The molecule has 2 aromatic carbocycles. The molecule has 34 heavy (non-hydrogen) atoms. The second kappa shape index (κ2) is 9.50. The van der Waals surface area contributed by atoms with Crippen LogP contribution in [0, 0.1) is 13.8 Å². The average molecular weight is 478 g/mol. The molecule has 9 heteroatoms. The van der Waals surface area contributed by atoms with E-state index in [2.05, 4.69) is 20.3 Å². The smallest absolute Gasteiger partial charge is 0.217 e. The van der Waals surface area contributed by atoms with Gasteiger partial charge in [0.25, 0.3) is 0 Å². The molecule has 0 amide bonds. The molecule has 2 unspecified atom stereocenters. The molecule has 4 aromatic rings. The number of rotatable bonds is 7. The highest BCUT2D eigenvalue weighted by molar-refractivity contribution is 6.31. The Balaban J connectivity index is 1.29. The summed E-state index contributed by atoms with van der Waals surface area (Å²) in [5.41, 5.74) is 3.68. The number of aryl methyl sites for hydroxylation is 2. The van der Waals surface area contributed by atoms with Crippen LogP contribution < -0.4 is 4.74 Å². The maximum absolute atomic E-state index is 6.59. The molecule has 0 aliphatic carbocycles. The van der Waals surface area contributed by atoms with Crippen molar-refractivity contribution in [2.45, 2.75) is 32.3 Å². The van der Waals surface area contributed by atoms with Gasteiger partial charge >= 0.3 is 0 Å².